The third kappa shape index (κ3) is 7.57. The minimum Gasteiger partial charge on any atom is -0.497 e. The van der Waals surface area contributed by atoms with Gasteiger partial charge >= 0.3 is 11.9 Å². The molecule has 1 aromatic heterocycles. The van der Waals surface area contributed by atoms with Crippen LogP contribution in [-0.2, 0) is 33.8 Å². The van der Waals surface area contributed by atoms with E-state index in [1.165, 1.54) is 7.11 Å². The Bertz CT molecular complexity index is 1790. The first-order valence-corrected chi connectivity index (χ1v) is 15.8. The van der Waals surface area contributed by atoms with Gasteiger partial charge in [-0.15, -0.1) is 0 Å². The maximum absolute atomic E-state index is 13.4. The average Bonchev–Trinajstić information content (AvgIpc) is 3.74. The number of ether oxygens (including phenoxy) is 7. The summed E-state index contributed by atoms with van der Waals surface area (Å²) in [5.41, 5.74) is 4.22. The maximum atomic E-state index is 13.4. The highest BCUT2D eigenvalue weighted by Crippen LogP contribution is 2.40. The number of hydrogen-bond donors (Lipinski definition) is 0. The molecule has 0 amide bonds. The minimum atomic E-state index is -0.475. The van der Waals surface area contributed by atoms with E-state index >= 15 is 0 Å². The summed E-state index contributed by atoms with van der Waals surface area (Å²) in [6.45, 7) is 4.99. The van der Waals surface area contributed by atoms with Crippen molar-refractivity contribution in [1.82, 2.24) is 9.55 Å². The van der Waals surface area contributed by atoms with E-state index in [0.717, 1.165) is 29.7 Å². The zero-order chi connectivity index (χ0) is 34.0. The molecule has 0 fully saturated rings. The van der Waals surface area contributed by atoms with E-state index in [1.807, 2.05) is 30.3 Å². The van der Waals surface area contributed by atoms with E-state index in [-0.39, 0.29) is 26.4 Å². The molecular weight excluding hydrogens is 616 g/mol. The van der Waals surface area contributed by atoms with Crippen molar-refractivity contribution in [1.29, 1.82) is 0 Å². The zero-order valence-corrected chi connectivity index (χ0v) is 27.9. The summed E-state index contributed by atoms with van der Waals surface area (Å²) in [7, 11) is 4.50. The van der Waals surface area contributed by atoms with Gasteiger partial charge in [-0.3, -0.25) is 0 Å². The van der Waals surface area contributed by atoms with Crippen LogP contribution in [0.2, 0.25) is 0 Å². The van der Waals surface area contributed by atoms with Crippen molar-refractivity contribution in [3.05, 3.63) is 88.9 Å². The number of carbonyl (C=O) groups is 2. The van der Waals surface area contributed by atoms with Gasteiger partial charge in [-0.25, -0.2) is 14.6 Å². The Balaban J connectivity index is 1.60. The molecule has 3 aromatic carbocycles. The number of unbranched alkanes of at least 4 members (excludes halogenated alkanes) is 1. The predicted molar refractivity (Wildman–Crippen MR) is 179 cm³/mol. The number of esters is 2. The lowest BCUT2D eigenvalue weighted by Gasteiger charge is -2.17. The second-order valence-electron chi connectivity index (χ2n) is 10.9. The van der Waals surface area contributed by atoms with E-state index in [9.17, 15) is 9.59 Å². The van der Waals surface area contributed by atoms with Crippen molar-refractivity contribution in [2.75, 3.05) is 34.7 Å². The van der Waals surface area contributed by atoms with Crippen molar-refractivity contribution in [2.45, 2.75) is 46.3 Å². The van der Waals surface area contributed by atoms with Crippen LogP contribution in [-0.4, -0.2) is 56.2 Å². The minimum absolute atomic E-state index is 0.0949. The Morgan fingerprint density at radius 2 is 1.73 bits per heavy atom. The first-order chi connectivity index (χ1) is 23.4. The number of hydrogen-bond acceptors (Lipinski definition) is 10. The van der Waals surface area contributed by atoms with Gasteiger partial charge in [-0.2, -0.15) is 0 Å². The Morgan fingerprint density at radius 3 is 2.46 bits per heavy atom. The maximum Gasteiger partial charge on any atom is 0.338 e. The molecule has 0 radical (unpaired) electrons. The molecule has 0 spiro atoms. The molecule has 0 bridgehead atoms. The molecule has 5 rings (SSSR count). The van der Waals surface area contributed by atoms with E-state index in [4.69, 9.17) is 38.1 Å². The predicted octanol–water partition coefficient (Wildman–Crippen LogP) is 6.65. The van der Waals surface area contributed by atoms with Crippen LogP contribution in [0.1, 0.15) is 53.9 Å². The van der Waals surface area contributed by atoms with Crippen molar-refractivity contribution in [3.8, 4) is 40.0 Å². The molecule has 4 aromatic rings. The first-order valence-electron chi connectivity index (χ1n) is 15.8. The lowest BCUT2D eigenvalue weighted by atomic mass is 10.0. The quantitative estimate of drug-likeness (QED) is 0.102. The number of benzene rings is 3. The van der Waals surface area contributed by atoms with Crippen LogP contribution in [0.3, 0.4) is 0 Å². The van der Waals surface area contributed by atoms with Crippen LogP contribution in [0.4, 0.5) is 0 Å². The first kappa shape index (κ1) is 33.9. The fraction of sp³-hybridized carbons (Fsp3) is 0.324. The SMILES string of the molecule is CCCCn1cnc(/C=C(\Cc2cc3c(cc2OC)OCO3)C(=O)OCC)c1-c1ccc(OC)cc1OCc1ccccc1C(=O)OC. The summed E-state index contributed by atoms with van der Waals surface area (Å²) in [5, 5.41) is 0. The Hall–Kier alpha value is -5.45. The summed E-state index contributed by atoms with van der Waals surface area (Å²) >= 11 is 0. The highest BCUT2D eigenvalue weighted by molar-refractivity contribution is 5.95. The van der Waals surface area contributed by atoms with Gasteiger partial charge in [0.1, 0.15) is 23.9 Å². The number of imidazole rings is 1. The highest BCUT2D eigenvalue weighted by atomic mass is 16.7. The Kier molecular flexibility index (Phi) is 11.2. The van der Waals surface area contributed by atoms with Crippen LogP contribution < -0.4 is 23.7 Å². The van der Waals surface area contributed by atoms with Crippen LogP contribution in [0.25, 0.3) is 17.3 Å². The number of methoxy groups -OCH3 is 3. The van der Waals surface area contributed by atoms with E-state index in [0.29, 0.717) is 57.7 Å². The van der Waals surface area contributed by atoms with Gasteiger partial charge in [0.25, 0.3) is 0 Å². The molecule has 0 saturated carbocycles. The number of rotatable bonds is 15. The van der Waals surface area contributed by atoms with Gasteiger partial charge in [0, 0.05) is 47.4 Å². The molecular formula is C37H40N2O9. The molecule has 1 aliphatic rings. The molecule has 0 saturated heterocycles. The summed E-state index contributed by atoms with van der Waals surface area (Å²) in [5.74, 6) is 1.89. The number of aryl methyl sites for hydroxylation is 1. The van der Waals surface area contributed by atoms with Crippen LogP contribution in [0, 0.1) is 0 Å². The molecule has 0 aliphatic carbocycles. The smallest absolute Gasteiger partial charge is 0.338 e. The Labute approximate surface area is 280 Å². The van der Waals surface area contributed by atoms with Crippen LogP contribution >= 0.6 is 0 Å². The third-order valence-corrected chi connectivity index (χ3v) is 7.87. The van der Waals surface area contributed by atoms with Crippen molar-refractivity contribution < 1.29 is 42.7 Å². The average molecular weight is 657 g/mol. The van der Waals surface area contributed by atoms with Gasteiger partial charge in [0.15, 0.2) is 11.5 Å². The molecule has 11 heteroatoms. The summed E-state index contributed by atoms with van der Waals surface area (Å²) < 4.78 is 41.2. The van der Waals surface area contributed by atoms with Gasteiger partial charge < -0.3 is 37.7 Å². The lowest BCUT2D eigenvalue weighted by molar-refractivity contribution is -0.138. The van der Waals surface area contributed by atoms with Crippen molar-refractivity contribution in [2.24, 2.45) is 0 Å². The molecule has 0 unspecified atom stereocenters. The summed E-state index contributed by atoms with van der Waals surface area (Å²) in [4.78, 5) is 30.7. The normalized spacial score (nSPS) is 12.1. The largest absolute Gasteiger partial charge is 0.497 e. The van der Waals surface area contributed by atoms with Crippen molar-refractivity contribution in [3.63, 3.8) is 0 Å². The fourth-order valence-corrected chi connectivity index (χ4v) is 5.42. The van der Waals surface area contributed by atoms with Gasteiger partial charge in [-0.05, 0) is 43.7 Å². The monoisotopic (exact) mass is 656 g/mol. The number of aromatic nitrogens is 2. The van der Waals surface area contributed by atoms with Gasteiger partial charge in [0.05, 0.1) is 51.2 Å². The van der Waals surface area contributed by atoms with Gasteiger partial charge in [-0.1, -0.05) is 31.5 Å². The van der Waals surface area contributed by atoms with Crippen LogP contribution in [0.15, 0.2) is 66.5 Å². The lowest BCUT2D eigenvalue weighted by Crippen LogP contribution is -2.11. The third-order valence-electron chi connectivity index (χ3n) is 7.87. The number of nitrogens with zero attached hydrogens (tertiary/aromatic N) is 2. The number of fused-ring (bicyclic) bond motifs is 1. The second-order valence-corrected chi connectivity index (χ2v) is 10.9. The van der Waals surface area contributed by atoms with E-state index in [1.54, 1.807) is 57.8 Å². The zero-order valence-electron chi connectivity index (χ0n) is 27.9. The molecule has 2 heterocycles. The van der Waals surface area contributed by atoms with E-state index in [2.05, 4.69) is 11.5 Å². The van der Waals surface area contributed by atoms with Gasteiger partial charge in [0.2, 0.25) is 6.79 Å². The molecule has 48 heavy (non-hydrogen) atoms. The molecule has 0 N–H and O–H groups in total. The molecule has 1 aliphatic heterocycles. The standard InChI is InChI=1S/C37H40N2O9/c1-6-8-15-39-22-38-30(17-26(36(40)45-7-2)16-25-18-33-34(48-23-47-33)20-31(25)43-4)35(39)29-14-13-27(42-3)19-32(29)46-21-24-11-9-10-12-28(24)37(41)44-5/h9-14,17-20,22H,6-8,15-16,21,23H2,1-5H3/b26-17+. The summed E-state index contributed by atoms with van der Waals surface area (Å²) in [6, 6.07) is 16.3. The topological polar surface area (TPSA) is 117 Å². The van der Waals surface area contributed by atoms with Crippen LogP contribution in [0.5, 0.6) is 28.7 Å². The molecule has 11 nitrogen and oxygen atoms in total. The van der Waals surface area contributed by atoms with Crippen molar-refractivity contribution >= 4 is 18.0 Å². The summed E-state index contributed by atoms with van der Waals surface area (Å²) in [6.07, 6.45) is 5.58. The Morgan fingerprint density at radius 1 is 0.938 bits per heavy atom. The second kappa shape index (κ2) is 15.9. The number of carbonyl (C=O) groups excluding carboxylic acids is 2. The fourth-order valence-electron chi connectivity index (χ4n) is 5.42. The highest BCUT2D eigenvalue weighted by Gasteiger charge is 2.24. The molecule has 0 atom stereocenters. The van der Waals surface area contributed by atoms with E-state index < -0.39 is 11.9 Å². The molecule has 252 valence electrons.